The number of fused-ring (bicyclic) bond motifs is 1. The molecule has 0 aliphatic heterocycles. The second kappa shape index (κ2) is 4.82. The average Bonchev–Trinajstić information content (AvgIpc) is 2.36. The van der Waals surface area contributed by atoms with E-state index in [9.17, 15) is 10.2 Å². The largest absolute Gasteiger partial charge is 0.390 e. The minimum atomic E-state index is -0.895. The number of benzene rings is 1. The van der Waals surface area contributed by atoms with Gasteiger partial charge in [0.15, 0.2) is 0 Å². The Bertz CT molecular complexity index is 505. The molecular formula is C14H17NO2. The second-order valence-electron chi connectivity index (χ2n) is 4.63. The molecule has 1 aromatic carbocycles. The van der Waals surface area contributed by atoms with Gasteiger partial charge in [0, 0.05) is 23.3 Å². The van der Waals surface area contributed by atoms with Crippen LogP contribution in [0.5, 0.6) is 0 Å². The summed E-state index contributed by atoms with van der Waals surface area (Å²) < 4.78 is 0. The van der Waals surface area contributed by atoms with Crippen molar-refractivity contribution < 1.29 is 10.2 Å². The summed E-state index contributed by atoms with van der Waals surface area (Å²) in [6, 6.07) is 7.72. The van der Waals surface area contributed by atoms with E-state index < -0.39 is 12.2 Å². The Balaban J connectivity index is 2.48. The number of pyridine rings is 1. The van der Waals surface area contributed by atoms with Crippen LogP contribution in [0, 0.1) is 5.92 Å². The number of rotatable bonds is 3. The summed E-state index contributed by atoms with van der Waals surface area (Å²) in [6.45, 7) is 3.76. The third-order valence-electron chi connectivity index (χ3n) is 3.02. The normalized spacial score (nSPS) is 15.1. The first-order chi connectivity index (χ1) is 8.11. The van der Waals surface area contributed by atoms with E-state index >= 15 is 0 Å². The lowest BCUT2D eigenvalue weighted by atomic mass is 9.94. The molecule has 0 aliphatic carbocycles. The fourth-order valence-electron chi connectivity index (χ4n) is 1.92. The lowest BCUT2D eigenvalue weighted by Crippen LogP contribution is -2.24. The first-order valence-electron chi connectivity index (χ1n) is 5.80. The van der Waals surface area contributed by atoms with Crippen molar-refractivity contribution in [1.29, 1.82) is 0 Å². The Morgan fingerprint density at radius 1 is 1.06 bits per heavy atom. The standard InChI is InChI=1S/C14H17NO2/c1-9(2)13(16)14(17)12-8-15-7-10-5-3-4-6-11(10)12/h3-9,13-14,16-17H,1-2H3. The molecule has 3 nitrogen and oxygen atoms in total. The number of nitrogens with zero attached hydrogens (tertiary/aromatic N) is 1. The molecule has 17 heavy (non-hydrogen) atoms. The summed E-state index contributed by atoms with van der Waals surface area (Å²) >= 11 is 0. The smallest absolute Gasteiger partial charge is 0.107 e. The average molecular weight is 231 g/mol. The molecule has 0 bridgehead atoms. The summed E-state index contributed by atoms with van der Waals surface area (Å²) in [4.78, 5) is 4.10. The molecule has 0 amide bonds. The van der Waals surface area contributed by atoms with Crippen LogP contribution >= 0.6 is 0 Å². The van der Waals surface area contributed by atoms with Crippen molar-refractivity contribution in [3.05, 3.63) is 42.2 Å². The van der Waals surface area contributed by atoms with Gasteiger partial charge in [-0.25, -0.2) is 0 Å². The highest BCUT2D eigenvalue weighted by Gasteiger charge is 2.23. The van der Waals surface area contributed by atoms with Gasteiger partial charge < -0.3 is 10.2 Å². The number of hydrogen-bond donors (Lipinski definition) is 2. The van der Waals surface area contributed by atoms with Crippen molar-refractivity contribution in [2.24, 2.45) is 5.92 Å². The van der Waals surface area contributed by atoms with Crippen LogP contribution in [-0.4, -0.2) is 21.3 Å². The zero-order chi connectivity index (χ0) is 12.4. The molecule has 0 aliphatic rings. The maximum Gasteiger partial charge on any atom is 0.107 e. The van der Waals surface area contributed by atoms with Crippen LogP contribution < -0.4 is 0 Å². The predicted octanol–water partition coefficient (Wildman–Crippen LogP) is 2.29. The SMILES string of the molecule is CC(C)C(O)C(O)c1cncc2ccccc12. The Morgan fingerprint density at radius 3 is 2.47 bits per heavy atom. The molecule has 1 heterocycles. The Labute approximate surface area is 101 Å². The lowest BCUT2D eigenvalue weighted by molar-refractivity contribution is -0.00877. The molecule has 90 valence electrons. The maximum atomic E-state index is 10.2. The minimum Gasteiger partial charge on any atom is -0.390 e. The van der Waals surface area contributed by atoms with Gasteiger partial charge in [-0.1, -0.05) is 38.1 Å². The first kappa shape index (κ1) is 12.0. The minimum absolute atomic E-state index is 0.00367. The Morgan fingerprint density at radius 2 is 1.76 bits per heavy atom. The fourth-order valence-corrected chi connectivity index (χ4v) is 1.92. The molecule has 2 aromatic rings. The van der Waals surface area contributed by atoms with E-state index in [2.05, 4.69) is 4.98 Å². The van der Waals surface area contributed by atoms with Crippen molar-refractivity contribution in [2.45, 2.75) is 26.1 Å². The zero-order valence-corrected chi connectivity index (χ0v) is 10.0. The molecule has 2 N–H and O–H groups in total. The molecule has 2 atom stereocenters. The van der Waals surface area contributed by atoms with Crippen LogP contribution in [0.25, 0.3) is 10.8 Å². The van der Waals surface area contributed by atoms with Crippen molar-refractivity contribution in [3.8, 4) is 0 Å². The molecule has 0 saturated carbocycles. The summed E-state index contributed by atoms with van der Waals surface area (Å²) in [5.74, 6) is 0.00367. The van der Waals surface area contributed by atoms with Gasteiger partial charge in [0.1, 0.15) is 6.10 Å². The predicted molar refractivity (Wildman–Crippen MR) is 67.5 cm³/mol. The van der Waals surface area contributed by atoms with Crippen LogP contribution in [0.3, 0.4) is 0 Å². The van der Waals surface area contributed by atoms with Gasteiger partial charge in [-0.05, 0) is 11.3 Å². The summed E-state index contributed by atoms with van der Waals surface area (Å²) in [5, 5.41) is 22.0. The van der Waals surface area contributed by atoms with Crippen molar-refractivity contribution >= 4 is 10.8 Å². The van der Waals surface area contributed by atoms with Gasteiger partial charge in [-0.3, -0.25) is 4.98 Å². The number of aliphatic hydroxyl groups is 2. The Kier molecular flexibility index (Phi) is 3.41. The van der Waals surface area contributed by atoms with Crippen LogP contribution in [0.4, 0.5) is 0 Å². The van der Waals surface area contributed by atoms with E-state index in [4.69, 9.17) is 0 Å². The third-order valence-corrected chi connectivity index (χ3v) is 3.02. The maximum absolute atomic E-state index is 10.2. The fraction of sp³-hybridized carbons (Fsp3) is 0.357. The van der Waals surface area contributed by atoms with Crippen molar-refractivity contribution in [2.75, 3.05) is 0 Å². The van der Waals surface area contributed by atoms with Crippen LogP contribution in [0.2, 0.25) is 0 Å². The van der Waals surface area contributed by atoms with Crippen molar-refractivity contribution in [3.63, 3.8) is 0 Å². The summed E-state index contributed by atoms with van der Waals surface area (Å²) in [5.41, 5.74) is 0.685. The van der Waals surface area contributed by atoms with E-state index in [1.807, 2.05) is 38.1 Å². The molecule has 0 saturated heterocycles. The molecule has 0 fully saturated rings. The molecule has 3 heteroatoms. The molecule has 2 rings (SSSR count). The Hall–Kier alpha value is -1.45. The topological polar surface area (TPSA) is 53.4 Å². The second-order valence-corrected chi connectivity index (χ2v) is 4.63. The van der Waals surface area contributed by atoms with Gasteiger partial charge >= 0.3 is 0 Å². The number of aliphatic hydroxyl groups excluding tert-OH is 2. The highest BCUT2D eigenvalue weighted by Crippen LogP contribution is 2.27. The van der Waals surface area contributed by atoms with Crippen LogP contribution in [0.1, 0.15) is 25.5 Å². The molecule has 2 unspecified atom stereocenters. The first-order valence-corrected chi connectivity index (χ1v) is 5.80. The van der Waals surface area contributed by atoms with Gasteiger partial charge in [0.25, 0.3) is 0 Å². The van der Waals surface area contributed by atoms with Crippen LogP contribution in [0.15, 0.2) is 36.7 Å². The summed E-state index contributed by atoms with van der Waals surface area (Å²) in [7, 11) is 0. The summed E-state index contributed by atoms with van der Waals surface area (Å²) in [6.07, 6.45) is 1.71. The van der Waals surface area contributed by atoms with E-state index in [1.54, 1.807) is 12.4 Å². The highest BCUT2D eigenvalue weighted by molar-refractivity contribution is 5.84. The number of aromatic nitrogens is 1. The monoisotopic (exact) mass is 231 g/mol. The van der Waals surface area contributed by atoms with E-state index in [0.29, 0.717) is 5.56 Å². The van der Waals surface area contributed by atoms with Gasteiger partial charge in [-0.2, -0.15) is 0 Å². The lowest BCUT2D eigenvalue weighted by Gasteiger charge is -2.22. The molecule has 0 spiro atoms. The molecule has 1 aromatic heterocycles. The van der Waals surface area contributed by atoms with Crippen LogP contribution in [-0.2, 0) is 0 Å². The van der Waals surface area contributed by atoms with Gasteiger partial charge in [0.05, 0.1) is 6.10 Å². The highest BCUT2D eigenvalue weighted by atomic mass is 16.3. The third kappa shape index (κ3) is 2.30. The van der Waals surface area contributed by atoms with Crippen molar-refractivity contribution in [1.82, 2.24) is 4.98 Å². The van der Waals surface area contributed by atoms with Gasteiger partial charge in [-0.15, -0.1) is 0 Å². The van der Waals surface area contributed by atoms with E-state index in [-0.39, 0.29) is 5.92 Å². The molecule has 0 radical (unpaired) electrons. The molecular weight excluding hydrogens is 214 g/mol. The quantitative estimate of drug-likeness (QED) is 0.852. The van der Waals surface area contributed by atoms with E-state index in [1.165, 1.54) is 0 Å². The zero-order valence-electron chi connectivity index (χ0n) is 10.0. The van der Waals surface area contributed by atoms with E-state index in [0.717, 1.165) is 10.8 Å². The van der Waals surface area contributed by atoms with Gasteiger partial charge in [0.2, 0.25) is 0 Å². The number of hydrogen-bond acceptors (Lipinski definition) is 3.